The minimum Gasteiger partial charge on any atom is -0.506 e. The lowest BCUT2D eigenvalue weighted by atomic mass is 10.2. The predicted molar refractivity (Wildman–Crippen MR) is 127 cm³/mol. The highest BCUT2D eigenvalue weighted by molar-refractivity contribution is 7.99. The number of hydrogen-bond acceptors (Lipinski definition) is 7. The first-order chi connectivity index (χ1) is 16.1. The van der Waals surface area contributed by atoms with Crippen LogP contribution in [0.5, 0.6) is 17.2 Å². The van der Waals surface area contributed by atoms with E-state index < -0.39 is 0 Å². The topological polar surface area (TPSA) is 98.5 Å². The zero-order valence-electron chi connectivity index (χ0n) is 18.1. The molecule has 1 aromatic heterocycles. The third-order valence-corrected chi connectivity index (χ3v) is 5.73. The molecule has 3 aromatic carbocycles. The van der Waals surface area contributed by atoms with E-state index in [-0.39, 0.29) is 17.4 Å². The normalized spacial score (nSPS) is 10.6. The van der Waals surface area contributed by atoms with Gasteiger partial charge >= 0.3 is 0 Å². The number of thioether (sulfide) groups is 1. The molecule has 0 unspecified atom stereocenters. The molecule has 0 aliphatic carbocycles. The maximum Gasteiger partial charge on any atom is 0.234 e. The summed E-state index contributed by atoms with van der Waals surface area (Å²) in [5, 5.41) is 21.9. The van der Waals surface area contributed by atoms with Gasteiger partial charge in [0.25, 0.3) is 0 Å². The van der Waals surface area contributed by atoms with Gasteiger partial charge in [0.2, 0.25) is 5.91 Å². The summed E-state index contributed by atoms with van der Waals surface area (Å²) in [7, 11) is 3.16. The number of carbonyl (C=O) groups excluding carboxylic acids is 1. The molecule has 1 amide bonds. The summed E-state index contributed by atoms with van der Waals surface area (Å²) in [6.07, 6.45) is 0. The molecule has 0 atom stereocenters. The predicted octanol–water partition coefficient (Wildman–Crippen LogP) is 4.39. The van der Waals surface area contributed by atoms with E-state index >= 15 is 0 Å². The van der Waals surface area contributed by atoms with E-state index in [0.717, 1.165) is 11.3 Å². The van der Waals surface area contributed by atoms with Crippen LogP contribution in [0.2, 0.25) is 0 Å². The molecule has 0 saturated carbocycles. The number of nitrogens with one attached hydrogen (secondary N) is 1. The van der Waals surface area contributed by atoms with Crippen molar-refractivity contribution in [3.05, 3.63) is 72.8 Å². The van der Waals surface area contributed by atoms with Gasteiger partial charge in [0.15, 0.2) is 22.5 Å². The second kappa shape index (κ2) is 10.1. The Bertz CT molecular complexity index is 1260. The van der Waals surface area contributed by atoms with Gasteiger partial charge < -0.3 is 19.9 Å². The molecule has 0 bridgehead atoms. The number of hydrogen-bond donors (Lipinski definition) is 2. The van der Waals surface area contributed by atoms with Gasteiger partial charge in [0.1, 0.15) is 5.75 Å². The van der Waals surface area contributed by atoms with Crippen molar-refractivity contribution in [1.82, 2.24) is 14.8 Å². The van der Waals surface area contributed by atoms with Crippen molar-refractivity contribution in [3.63, 3.8) is 0 Å². The number of aromatic nitrogens is 3. The Kier molecular flexibility index (Phi) is 6.80. The molecule has 2 N–H and O–H groups in total. The number of carbonyl (C=O) groups is 1. The Balaban J connectivity index is 1.63. The second-order valence-electron chi connectivity index (χ2n) is 6.90. The molecule has 0 saturated heterocycles. The molecule has 4 rings (SSSR count). The van der Waals surface area contributed by atoms with Crippen molar-refractivity contribution in [2.24, 2.45) is 0 Å². The fourth-order valence-corrected chi connectivity index (χ4v) is 3.98. The zero-order valence-corrected chi connectivity index (χ0v) is 18.9. The maximum absolute atomic E-state index is 12.5. The number of aromatic hydroxyl groups is 1. The monoisotopic (exact) mass is 462 g/mol. The molecular formula is C24H22N4O4S. The van der Waals surface area contributed by atoms with E-state index in [1.165, 1.54) is 17.8 Å². The average molecular weight is 463 g/mol. The highest BCUT2D eigenvalue weighted by Crippen LogP contribution is 2.34. The lowest BCUT2D eigenvalue weighted by Crippen LogP contribution is -2.14. The molecule has 8 nitrogen and oxygen atoms in total. The minimum atomic E-state index is -0.267. The molecule has 0 fully saturated rings. The molecule has 0 radical (unpaired) electrons. The van der Waals surface area contributed by atoms with E-state index in [1.54, 1.807) is 32.4 Å². The summed E-state index contributed by atoms with van der Waals surface area (Å²) in [6, 6.07) is 21.8. The molecule has 0 spiro atoms. The van der Waals surface area contributed by atoms with Gasteiger partial charge in [0, 0.05) is 11.3 Å². The molecule has 0 aliphatic heterocycles. The average Bonchev–Trinajstić information content (AvgIpc) is 3.28. The van der Waals surface area contributed by atoms with Crippen LogP contribution in [0.15, 0.2) is 78.0 Å². The largest absolute Gasteiger partial charge is 0.506 e. The lowest BCUT2D eigenvalue weighted by Gasteiger charge is -2.12. The van der Waals surface area contributed by atoms with Gasteiger partial charge in [-0.15, -0.1) is 10.2 Å². The summed E-state index contributed by atoms with van der Waals surface area (Å²) in [5.74, 6) is 1.63. The van der Waals surface area contributed by atoms with E-state index in [2.05, 4.69) is 15.5 Å². The number of nitrogens with zero attached hydrogens (tertiary/aromatic N) is 3. The highest BCUT2D eigenvalue weighted by atomic mass is 32.2. The second-order valence-corrected chi connectivity index (χ2v) is 7.84. The van der Waals surface area contributed by atoms with Crippen LogP contribution in [0.3, 0.4) is 0 Å². The smallest absolute Gasteiger partial charge is 0.234 e. The van der Waals surface area contributed by atoms with Crippen LogP contribution in [0.4, 0.5) is 5.69 Å². The summed E-state index contributed by atoms with van der Waals surface area (Å²) >= 11 is 1.25. The number of rotatable bonds is 8. The van der Waals surface area contributed by atoms with E-state index in [0.29, 0.717) is 28.2 Å². The van der Waals surface area contributed by atoms with Gasteiger partial charge in [0.05, 0.1) is 25.7 Å². The van der Waals surface area contributed by atoms with Crippen LogP contribution in [-0.4, -0.2) is 45.8 Å². The van der Waals surface area contributed by atoms with Crippen LogP contribution in [-0.2, 0) is 4.79 Å². The van der Waals surface area contributed by atoms with Gasteiger partial charge in [-0.2, -0.15) is 0 Å². The van der Waals surface area contributed by atoms with Crippen LogP contribution < -0.4 is 14.8 Å². The number of amides is 1. The van der Waals surface area contributed by atoms with Crippen molar-refractivity contribution in [3.8, 4) is 34.3 Å². The first-order valence-electron chi connectivity index (χ1n) is 10.0. The van der Waals surface area contributed by atoms with E-state index in [4.69, 9.17) is 9.47 Å². The number of benzene rings is 3. The number of phenolic OH excluding ortho intramolecular Hbond substituents is 1. The standard InChI is InChI=1S/C24H22N4O4S/c1-31-20-13-12-16(14-21(20)32-2)23-26-27-24(28(23)17-8-4-3-5-9-17)33-15-22(30)25-18-10-6-7-11-19(18)29/h3-14,29H,15H2,1-2H3,(H,25,30). The minimum absolute atomic E-state index is 0.0130. The van der Waals surface area contributed by atoms with Gasteiger partial charge in [-0.25, -0.2) is 0 Å². The molecule has 9 heteroatoms. The lowest BCUT2D eigenvalue weighted by molar-refractivity contribution is -0.113. The van der Waals surface area contributed by atoms with Crippen LogP contribution in [0.25, 0.3) is 17.1 Å². The van der Waals surface area contributed by atoms with Crippen LogP contribution in [0, 0.1) is 0 Å². The Morgan fingerprint density at radius 3 is 2.42 bits per heavy atom. The van der Waals surface area contributed by atoms with Gasteiger partial charge in [-0.05, 0) is 42.5 Å². The fourth-order valence-electron chi connectivity index (χ4n) is 3.23. The van der Waals surface area contributed by atoms with Gasteiger partial charge in [-0.1, -0.05) is 42.1 Å². The van der Waals surface area contributed by atoms with Crippen LogP contribution >= 0.6 is 11.8 Å². The van der Waals surface area contributed by atoms with Gasteiger partial charge in [-0.3, -0.25) is 9.36 Å². The van der Waals surface area contributed by atoms with Crippen molar-refractivity contribution in [2.75, 3.05) is 25.3 Å². The number of methoxy groups -OCH3 is 2. The first-order valence-corrected chi connectivity index (χ1v) is 11.0. The summed E-state index contributed by atoms with van der Waals surface area (Å²) in [6.45, 7) is 0. The fraction of sp³-hybridized carbons (Fsp3) is 0.125. The SMILES string of the molecule is COc1ccc(-c2nnc(SCC(=O)Nc3ccccc3O)n2-c2ccccc2)cc1OC. The third-order valence-electron chi connectivity index (χ3n) is 4.80. The first kappa shape index (κ1) is 22.2. The van der Waals surface area contributed by atoms with Crippen molar-refractivity contribution in [2.45, 2.75) is 5.16 Å². The van der Waals surface area contributed by atoms with Crippen molar-refractivity contribution >= 4 is 23.4 Å². The third kappa shape index (κ3) is 4.93. The number of phenols is 1. The molecule has 33 heavy (non-hydrogen) atoms. The van der Waals surface area contributed by atoms with Crippen molar-refractivity contribution in [1.29, 1.82) is 0 Å². The molecule has 4 aromatic rings. The quantitative estimate of drug-likeness (QED) is 0.296. The number of ether oxygens (including phenoxy) is 2. The zero-order chi connectivity index (χ0) is 23.2. The summed E-state index contributed by atoms with van der Waals surface area (Å²) < 4.78 is 12.7. The molecule has 1 heterocycles. The number of anilines is 1. The molecule has 0 aliphatic rings. The molecular weight excluding hydrogens is 440 g/mol. The Morgan fingerprint density at radius 1 is 0.970 bits per heavy atom. The Labute approximate surface area is 195 Å². The number of para-hydroxylation sites is 3. The van der Waals surface area contributed by atoms with Crippen molar-refractivity contribution < 1.29 is 19.4 Å². The summed E-state index contributed by atoms with van der Waals surface area (Å²) in [5.41, 5.74) is 2.00. The Hall–Kier alpha value is -3.98. The van der Waals surface area contributed by atoms with E-state index in [1.807, 2.05) is 53.1 Å². The highest BCUT2D eigenvalue weighted by Gasteiger charge is 2.19. The van der Waals surface area contributed by atoms with Crippen LogP contribution in [0.1, 0.15) is 0 Å². The van der Waals surface area contributed by atoms with E-state index in [9.17, 15) is 9.90 Å². The Morgan fingerprint density at radius 2 is 1.70 bits per heavy atom. The summed E-state index contributed by atoms with van der Waals surface area (Å²) in [4.78, 5) is 12.5. The maximum atomic E-state index is 12.5. The molecule has 168 valence electrons.